The minimum Gasteiger partial charge on any atom is -0.465 e. The summed E-state index contributed by atoms with van der Waals surface area (Å²) in [6.45, 7) is 10.4. The Balaban J connectivity index is 0.00000264. The van der Waals surface area contributed by atoms with Crippen LogP contribution in [0.15, 0.2) is 21.5 Å². The van der Waals surface area contributed by atoms with Crippen molar-refractivity contribution < 1.29 is 4.42 Å². The first-order valence-electron chi connectivity index (χ1n) is 8.35. The lowest BCUT2D eigenvalue weighted by atomic mass is 10.2. The Morgan fingerprint density at radius 2 is 1.87 bits per heavy atom. The number of aryl methyl sites for hydroxylation is 1. The van der Waals surface area contributed by atoms with Crippen LogP contribution in [0.3, 0.4) is 0 Å². The minimum absolute atomic E-state index is 0. The van der Waals surface area contributed by atoms with Crippen LogP contribution in [0.5, 0.6) is 0 Å². The topological polar surface area (TPSA) is 52.8 Å². The van der Waals surface area contributed by atoms with Crippen LogP contribution in [-0.4, -0.2) is 44.1 Å². The van der Waals surface area contributed by atoms with Crippen molar-refractivity contribution in [3.63, 3.8) is 0 Å². The molecule has 6 heteroatoms. The third-order valence-corrected chi connectivity index (χ3v) is 4.04. The van der Waals surface area contributed by atoms with Gasteiger partial charge in [0.15, 0.2) is 5.96 Å². The van der Waals surface area contributed by atoms with Crippen molar-refractivity contribution in [3.8, 4) is 0 Å². The molecule has 23 heavy (non-hydrogen) atoms. The Bertz CT molecular complexity index is 481. The predicted octanol–water partition coefficient (Wildman–Crippen LogP) is 3.16. The lowest BCUT2D eigenvalue weighted by Crippen LogP contribution is -2.43. The fourth-order valence-corrected chi connectivity index (χ4v) is 2.81. The molecule has 1 atom stereocenters. The first-order valence-corrected chi connectivity index (χ1v) is 8.35. The summed E-state index contributed by atoms with van der Waals surface area (Å²) < 4.78 is 5.88. The van der Waals surface area contributed by atoms with E-state index >= 15 is 0 Å². The molecule has 1 aromatic heterocycles. The van der Waals surface area contributed by atoms with Gasteiger partial charge in [0.25, 0.3) is 0 Å². The van der Waals surface area contributed by atoms with Gasteiger partial charge in [-0.3, -0.25) is 9.89 Å². The Hall–Kier alpha value is -0.760. The maximum atomic E-state index is 5.88. The zero-order valence-electron chi connectivity index (χ0n) is 14.8. The third-order valence-electron chi connectivity index (χ3n) is 4.04. The Labute approximate surface area is 157 Å². The van der Waals surface area contributed by atoms with E-state index in [0.717, 1.165) is 43.7 Å². The predicted molar refractivity (Wildman–Crippen MR) is 107 cm³/mol. The van der Waals surface area contributed by atoms with Crippen molar-refractivity contribution in [3.05, 3.63) is 23.7 Å². The van der Waals surface area contributed by atoms with Gasteiger partial charge in [0.05, 0.1) is 6.04 Å². The van der Waals surface area contributed by atoms with E-state index < -0.39 is 0 Å². The zero-order valence-corrected chi connectivity index (χ0v) is 17.1. The van der Waals surface area contributed by atoms with Gasteiger partial charge in [-0.15, -0.1) is 24.0 Å². The number of halogens is 1. The molecule has 2 N–H and O–H groups in total. The van der Waals surface area contributed by atoms with Gasteiger partial charge in [0.1, 0.15) is 11.5 Å². The van der Waals surface area contributed by atoms with Crippen LogP contribution < -0.4 is 10.6 Å². The molecular formula is C17H31IN4O. The number of nitrogens with one attached hydrogen (secondary N) is 2. The van der Waals surface area contributed by atoms with Crippen LogP contribution >= 0.6 is 24.0 Å². The molecule has 132 valence electrons. The second-order valence-electron chi connectivity index (χ2n) is 6.44. The second kappa shape index (κ2) is 10.2. The van der Waals surface area contributed by atoms with Gasteiger partial charge in [-0.05, 0) is 50.9 Å². The highest BCUT2D eigenvalue weighted by Gasteiger charge is 2.26. The SMILES string of the molecule is CN=C(NCC(C)C)NCC(c1ccc(C)o1)N1CCCC1.I. The molecule has 1 fully saturated rings. The number of likely N-dealkylation sites (tertiary alicyclic amines) is 1. The molecule has 0 radical (unpaired) electrons. The van der Waals surface area contributed by atoms with Gasteiger partial charge in [-0.2, -0.15) is 0 Å². The standard InChI is InChI=1S/C17H30N4O.HI/c1-13(2)11-19-17(18-4)20-12-15(21-9-5-6-10-21)16-8-7-14(3)22-16;/h7-8,13,15H,5-6,9-12H2,1-4H3,(H2,18,19,20);1H. The summed E-state index contributed by atoms with van der Waals surface area (Å²) in [4.78, 5) is 6.80. The van der Waals surface area contributed by atoms with E-state index in [4.69, 9.17) is 4.42 Å². The average molecular weight is 434 g/mol. The smallest absolute Gasteiger partial charge is 0.191 e. The fourth-order valence-electron chi connectivity index (χ4n) is 2.81. The molecule has 1 aliphatic heterocycles. The first-order chi connectivity index (χ1) is 10.6. The highest BCUT2D eigenvalue weighted by atomic mass is 127. The molecule has 0 saturated carbocycles. The zero-order chi connectivity index (χ0) is 15.9. The number of aliphatic imine (C=N–C) groups is 1. The quantitative estimate of drug-likeness (QED) is 0.411. The van der Waals surface area contributed by atoms with Crippen LogP contribution in [0.1, 0.15) is 44.3 Å². The number of hydrogen-bond acceptors (Lipinski definition) is 3. The average Bonchev–Trinajstić information content (AvgIpc) is 3.14. The summed E-state index contributed by atoms with van der Waals surface area (Å²) in [7, 11) is 1.82. The van der Waals surface area contributed by atoms with Crippen LogP contribution in [0.4, 0.5) is 0 Å². The molecule has 1 aromatic rings. The fraction of sp³-hybridized carbons (Fsp3) is 0.706. The van der Waals surface area contributed by atoms with E-state index in [1.807, 2.05) is 20.0 Å². The molecule has 0 aliphatic carbocycles. The van der Waals surface area contributed by atoms with E-state index in [1.54, 1.807) is 0 Å². The van der Waals surface area contributed by atoms with Crippen LogP contribution in [0.25, 0.3) is 0 Å². The van der Waals surface area contributed by atoms with E-state index in [0.29, 0.717) is 5.92 Å². The summed E-state index contributed by atoms with van der Waals surface area (Å²) >= 11 is 0. The normalized spacial score (nSPS) is 17.2. The van der Waals surface area contributed by atoms with Crippen molar-refractivity contribution in [2.75, 3.05) is 33.2 Å². The molecule has 0 spiro atoms. The maximum Gasteiger partial charge on any atom is 0.191 e. The number of nitrogens with zero attached hydrogens (tertiary/aromatic N) is 2. The van der Waals surface area contributed by atoms with Gasteiger partial charge < -0.3 is 15.1 Å². The van der Waals surface area contributed by atoms with Crippen molar-refractivity contribution >= 4 is 29.9 Å². The number of furan rings is 1. The van der Waals surface area contributed by atoms with Crippen molar-refractivity contribution in [1.82, 2.24) is 15.5 Å². The molecule has 5 nitrogen and oxygen atoms in total. The first kappa shape index (κ1) is 20.3. The minimum atomic E-state index is 0. The summed E-state index contributed by atoms with van der Waals surface area (Å²) in [6.07, 6.45) is 2.55. The Kier molecular flexibility index (Phi) is 8.98. The van der Waals surface area contributed by atoms with Gasteiger partial charge in [0.2, 0.25) is 0 Å². The van der Waals surface area contributed by atoms with Gasteiger partial charge >= 0.3 is 0 Å². The molecule has 2 heterocycles. The summed E-state index contributed by atoms with van der Waals surface area (Å²) in [6, 6.07) is 4.42. The van der Waals surface area contributed by atoms with Crippen LogP contribution in [0.2, 0.25) is 0 Å². The lowest BCUT2D eigenvalue weighted by molar-refractivity contribution is 0.213. The molecule has 0 amide bonds. The Morgan fingerprint density at radius 3 is 2.39 bits per heavy atom. The number of hydrogen-bond donors (Lipinski definition) is 2. The molecule has 1 aliphatic rings. The van der Waals surface area contributed by atoms with Gasteiger partial charge in [-0.1, -0.05) is 13.8 Å². The largest absolute Gasteiger partial charge is 0.465 e. The van der Waals surface area contributed by atoms with E-state index in [1.165, 1.54) is 12.8 Å². The molecular weight excluding hydrogens is 403 g/mol. The Morgan fingerprint density at radius 1 is 1.22 bits per heavy atom. The summed E-state index contributed by atoms with van der Waals surface area (Å²) in [5.74, 6) is 3.48. The van der Waals surface area contributed by atoms with Crippen molar-refractivity contribution in [1.29, 1.82) is 0 Å². The molecule has 2 rings (SSSR count). The van der Waals surface area contributed by atoms with Crippen LogP contribution in [0, 0.1) is 12.8 Å². The number of rotatable bonds is 6. The highest BCUT2D eigenvalue weighted by molar-refractivity contribution is 14.0. The maximum absolute atomic E-state index is 5.88. The molecule has 1 saturated heterocycles. The third kappa shape index (κ3) is 6.33. The molecule has 0 aromatic carbocycles. The van der Waals surface area contributed by atoms with Crippen molar-refractivity contribution in [2.45, 2.75) is 39.7 Å². The van der Waals surface area contributed by atoms with E-state index in [-0.39, 0.29) is 30.0 Å². The van der Waals surface area contributed by atoms with Gasteiger partial charge in [-0.25, -0.2) is 0 Å². The second-order valence-corrected chi connectivity index (χ2v) is 6.44. The molecule has 1 unspecified atom stereocenters. The monoisotopic (exact) mass is 434 g/mol. The van der Waals surface area contributed by atoms with E-state index in [2.05, 4.69) is 40.4 Å². The molecule has 0 bridgehead atoms. The highest BCUT2D eigenvalue weighted by Crippen LogP contribution is 2.26. The summed E-state index contributed by atoms with van der Waals surface area (Å²) in [5.41, 5.74) is 0. The van der Waals surface area contributed by atoms with E-state index in [9.17, 15) is 0 Å². The van der Waals surface area contributed by atoms with Gasteiger partial charge in [0, 0.05) is 20.1 Å². The summed E-state index contributed by atoms with van der Waals surface area (Å²) in [5, 5.41) is 6.81. The van der Waals surface area contributed by atoms with Crippen LogP contribution in [-0.2, 0) is 0 Å². The number of guanidine groups is 1. The lowest BCUT2D eigenvalue weighted by Gasteiger charge is -2.27. The van der Waals surface area contributed by atoms with Crippen molar-refractivity contribution in [2.24, 2.45) is 10.9 Å².